The van der Waals surface area contributed by atoms with Crippen molar-refractivity contribution in [3.8, 4) is 16.8 Å². The molecule has 2 heterocycles. The van der Waals surface area contributed by atoms with Gasteiger partial charge in [0.25, 0.3) is 11.5 Å². The summed E-state index contributed by atoms with van der Waals surface area (Å²) >= 11 is 6.08. The first-order valence-electron chi connectivity index (χ1n) is 11.6. The average molecular weight is 480 g/mol. The highest BCUT2D eigenvalue weighted by molar-refractivity contribution is 6.30. The van der Waals surface area contributed by atoms with Crippen LogP contribution in [0.4, 0.5) is 0 Å². The fourth-order valence-electron chi connectivity index (χ4n) is 4.52. The van der Waals surface area contributed by atoms with Gasteiger partial charge >= 0.3 is 0 Å². The molecular weight excluding hydrogens is 458 g/mol. The molecule has 1 aliphatic carbocycles. The molecule has 0 bridgehead atoms. The topological polar surface area (TPSA) is 64.0 Å². The van der Waals surface area contributed by atoms with Crippen molar-refractivity contribution in [3.63, 3.8) is 0 Å². The maximum absolute atomic E-state index is 13.2. The van der Waals surface area contributed by atoms with Gasteiger partial charge in [-0.25, -0.2) is 0 Å². The number of rotatable bonds is 4. The van der Waals surface area contributed by atoms with E-state index in [4.69, 9.17) is 11.6 Å². The first-order valence-corrected chi connectivity index (χ1v) is 12.0. The van der Waals surface area contributed by atoms with Crippen molar-refractivity contribution >= 4 is 39.3 Å². The van der Waals surface area contributed by atoms with Gasteiger partial charge in [0.05, 0.1) is 16.7 Å². The van der Waals surface area contributed by atoms with Gasteiger partial charge in [-0.3, -0.25) is 19.1 Å². The summed E-state index contributed by atoms with van der Waals surface area (Å²) in [5.74, 6) is -0.0744. The molecule has 5 nitrogen and oxygen atoms in total. The van der Waals surface area contributed by atoms with Crippen LogP contribution in [0.2, 0.25) is 5.02 Å². The Kier molecular flexibility index (Phi) is 5.15. The third kappa shape index (κ3) is 3.98. The molecule has 2 aromatic heterocycles. The monoisotopic (exact) mass is 479 g/mol. The standard InChI is InChI=1S/C29H22ClN3O2/c1-17-14-20(29(35)32-23-9-10-23)5-12-26(17)33-27(34)13-6-21-16-31-25-11-4-19(15-24(25)28(21)33)18-2-7-22(30)8-3-18/h2-8,11-16,23H,9-10H2,1H3,(H,32,35). The Morgan fingerprint density at radius 3 is 2.49 bits per heavy atom. The van der Waals surface area contributed by atoms with Gasteiger partial charge in [-0.1, -0.05) is 29.8 Å². The summed E-state index contributed by atoms with van der Waals surface area (Å²) < 4.78 is 1.73. The summed E-state index contributed by atoms with van der Waals surface area (Å²) in [6.45, 7) is 1.93. The van der Waals surface area contributed by atoms with Crippen molar-refractivity contribution in [2.75, 3.05) is 0 Å². The van der Waals surface area contributed by atoms with Gasteiger partial charge in [0.2, 0.25) is 0 Å². The average Bonchev–Trinajstić information content (AvgIpc) is 3.68. The zero-order valence-electron chi connectivity index (χ0n) is 19.1. The molecule has 0 unspecified atom stereocenters. The first kappa shape index (κ1) is 21.6. The van der Waals surface area contributed by atoms with E-state index < -0.39 is 0 Å². The van der Waals surface area contributed by atoms with Crippen molar-refractivity contribution in [1.82, 2.24) is 14.9 Å². The van der Waals surface area contributed by atoms with E-state index in [1.807, 2.05) is 61.5 Å². The highest BCUT2D eigenvalue weighted by Gasteiger charge is 2.24. The third-order valence-corrected chi connectivity index (χ3v) is 6.76. The Morgan fingerprint density at radius 2 is 1.74 bits per heavy atom. The van der Waals surface area contributed by atoms with Gasteiger partial charge < -0.3 is 5.32 Å². The first-order chi connectivity index (χ1) is 17.0. The van der Waals surface area contributed by atoms with E-state index >= 15 is 0 Å². The second-order valence-corrected chi connectivity index (χ2v) is 9.49. The molecule has 0 aliphatic heterocycles. The van der Waals surface area contributed by atoms with Gasteiger partial charge in [0, 0.05) is 39.7 Å². The molecule has 5 aromatic rings. The minimum atomic E-state index is -0.139. The Hall–Kier alpha value is -3.96. The molecule has 6 rings (SSSR count). The lowest BCUT2D eigenvalue weighted by Crippen LogP contribution is -2.25. The SMILES string of the molecule is Cc1cc(C(=O)NC2CC2)ccc1-n1c(=O)ccc2cnc3ccc(-c4ccc(Cl)cc4)cc3c21. The molecule has 0 atom stereocenters. The maximum Gasteiger partial charge on any atom is 0.255 e. The summed E-state index contributed by atoms with van der Waals surface area (Å²) in [6, 6.07) is 22.9. The van der Waals surface area contributed by atoms with Crippen LogP contribution in [0.25, 0.3) is 38.6 Å². The molecule has 1 saturated carbocycles. The second-order valence-electron chi connectivity index (χ2n) is 9.06. The van der Waals surface area contributed by atoms with Crippen molar-refractivity contribution in [2.24, 2.45) is 0 Å². The number of hydrogen-bond acceptors (Lipinski definition) is 3. The van der Waals surface area contributed by atoms with Crippen LogP contribution in [0.5, 0.6) is 0 Å². The Balaban J connectivity index is 1.56. The molecule has 0 saturated heterocycles. The van der Waals surface area contributed by atoms with Gasteiger partial charge in [0.1, 0.15) is 0 Å². The zero-order chi connectivity index (χ0) is 24.1. The van der Waals surface area contributed by atoms with Crippen LogP contribution < -0.4 is 10.9 Å². The number of halogens is 1. The van der Waals surface area contributed by atoms with Crippen molar-refractivity contribution in [2.45, 2.75) is 25.8 Å². The summed E-state index contributed by atoms with van der Waals surface area (Å²) in [6.07, 6.45) is 3.86. The number of aromatic nitrogens is 2. The largest absolute Gasteiger partial charge is 0.349 e. The smallest absolute Gasteiger partial charge is 0.255 e. The normalized spacial score (nSPS) is 13.3. The number of carbonyl (C=O) groups is 1. The second kappa shape index (κ2) is 8.36. The minimum Gasteiger partial charge on any atom is -0.349 e. The van der Waals surface area contributed by atoms with E-state index in [2.05, 4.69) is 16.4 Å². The zero-order valence-corrected chi connectivity index (χ0v) is 19.8. The van der Waals surface area contributed by atoms with E-state index in [-0.39, 0.29) is 17.5 Å². The molecule has 172 valence electrons. The Labute approximate surface area is 207 Å². The summed E-state index contributed by atoms with van der Waals surface area (Å²) in [4.78, 5) is 30.4. The van der Waals surface area contributed by atoms with Crippen molar-refractivity contribution < 1.29 is 4.79 Å². The highest BCUT2D eigenvalue weighted by atomic mass is 35.5. The van der Waals surface area contributed by atoms with Crippen LogP contribution >= 0.6 is 11.6 Å². The number of amides is 1. The van der Waals surface area contributed by atoms with Gasteiger partial charge in [-0.15, -0.1) is 0 Å². The molecule has 3 aromatic carbocycles. The lowest BCUT2D eigenvalue weighted by Gasteiger charge is -2.16. The summed E-state index contributed by atoms with van der Waals surface area (Å²) in [5, 5.41) is 5.44. The lowest BCUT2D eigenvalue weighted by atomic mass is 10.0. The summed E-state index contributed by atoms with van der Waals surface area (Å²) in [5.41, 5.74) is 5.68. The number of fused-ring (bicyclic) bond motifs is 3. The molecule has 1 fully saturated rings. The van der Waals surface area contributed by atoms with Crippen molar-refractivity contribution in [1.29, 1.82) is 0 Å². The van der Waals surface area contributed by atoms with Gasteiger partial charge in [-0.05, 0) is 85.0 Å². The predicted octanol–water partition coefficient (Wildman–Crippen LogP) is 6.06. The predicted molar refractivity (Wildman–Crippen MR) is 141 cm³/mol. The number of hydrogen-bond donors (Lipinski definition) is 1. The van der Waals surface area contributed by atoms with Crippen LogP contribution in [0, 0.1) is 6.92 Å². The molecule has 1 aliphatic rings. The highest BCUT2D eigenvalue weighted by Crippen LogP contribution is 2.31. The third-order valence-electron chi connectivity index (χ3n) is 6.51. The van der Waals surface area contributed by atoms with E-state index in [1.54, 1.807) is 22.9 Å². The minimum absolute atomic E-state index is 0.0744. The fourth-order valence-corrected chi connectivity index (χ4v) is 4.64. The number of benzene rings is 3. The van der Waals surface area contributed by atoms with Gasteiger partial charge in [-0.2, -0.15) is 0 Å². The van der Waals surface area contributed by atoms with Crippen LogP contribution in [0.15, 0.2) is 83.8 Å². The maximum atomic E-state index is 13.2. The van der Waals surface area contributed by atoms with Crippen molar-refractivity contribution in [3.05, 3.63) is 105 Å². The fraction of sp³-hybridized carbons (Fsp3) is 0.138. The number of nitrogens with one attached hydrogen (secondary N) is 1. The number of nitrogens with zero attached hydrogens (tertiary/aromatic N) is 2. The lowest BCUT2D eigenvalue weighted by molar-refractivity contribution is 0.0951. The van der Waals surface area contributed by atoms with E-state index in [0.717, 1.165) is 57.0 Å². The molecule has 6 heteroatoms. The van der Waals surface area contributed by atoms with E-state index in [0.29, 0.717) is 10.6 Å². The summed E-state index contributed by atoms with van der Waals surface area (Å²) in [7, 11) is 0. The number of aryl methyl sites for hydroxylation is 1. The van der Waals surface area contributed by atoms with Crippen LogP contribution in [0.1, 0.15) is 28.8 Å². The van der Waals surface area contributed by atoms with E-state index in [9.17, 15) is 9.59 Å². The Morgan fingerprint density at radius 1 is 0.971 bits per heavy atom. The molecule has 0 radical (unpaired) electrons. The molecule has 35 heavy (non-hydrogen) atoms. The Bertz CT molecular complexity index is 1690. The number of carbonyl (C=O) groups excluding carboxylic acids is 1. The quantitative estimate of drug-likeness (QED) is 0.319. The molecule has 0 spiro atoms. The molecule has 1 amide bonds. The molecule has 1 N–H and O–H groups in total. The number of pyridine rings is 2. The molecular formula is C29H22ClN3O2. The van der Waals surface area contributed by atoms with E-state index in [1.165, 1.54) is 0 Å². The van der Waals surface area contributed by atoms with Crippen LogP contribution in [0.3, 0.4) is 0 Å². The van der Waals surface area contributed by atoms with Crippen LogP contribution in [-0.2, 0) is 0 Å². The van der Waals surface area contributed by atoms with Crippen LogP contribution in [-0.4, -0.2) is 21.5 Å². The van der Waals surface area contributed by atoms with Gasteiger partial charge in [0.15, 0.2) is 0 Å².